The fraction of sp³-hybridized carbons (Fsp3) is 0.857. The molecule has 0 atom stereocenters. The Kier molecular flexibility index (Phi) is 3.87. The van der Waals surface area contributed by atoms with Crippen LogP contribution in [0.4, 0.5) is 0 Å². The summed E-state index contributed by atoms with van der Waals surface area (Å²) in [7, 11) is 0. The van der Waals surface area contributed by atoms with Crippen LogP contribution in [0.15, 0.2) is 0 Å². The molecule has 0 aromatic heterocycles. The van der Waals surface area contributed by atoms with Crippen LogP contribution < -0.4 is 0 Å². The van der Waals surface area contributed by atoms with Gasteiger partial charge in [0.05, 0.1) is 0 Å². The Balaban J connectivity index is 3.58. The standard InChI is InChI=1S/C7H14N2/c1-4-5-9(6-8)7(2)3/h7H,4-5H2,1-3H3. The molecule has 9 heavy (non-hydrogen) atoms. The van der Waals surface area contributed by atoms with E-state index in [1.807, 2.05) is 13.8 Å². The minimum absolute atomic E-state index is 0.356. The molecule has 0 aliphatic carbocycles. The van der Waals surface area contributed by atoms with E-state index in [-0.39, 0.29) is 0 Å². The molecule has 0 fully saturated rings. The third-order valence-electron chi connectivity index (χ3n) is 1.22. The summed E-state index contributed by atoms with van der Waals surface area (Å²) in [5.74, 6) is 0. The lowest BCUT2D eigenvalue weighted by Crippen LogP contribution is -2.26. The normalized spacial score (nSPS) is 9.22. The quantitative estimate of drug-likeness (QED) is 0.424. The van der Waals surface area contributed by atoms with Crippen molar-refractivity contribution in [2.45, 2.75) is 33.2 Å². The maximum Gasteiger partial charge on any atom is 0.179 e. The van der Waals surface area contributed by atoms with Crippen molar-refractivity contribution in [3.63, 3.8) is 0 Å². The van der Waals surface area contributed by atoms with Crippen LogP contribution in [0.1, 0.15) is 27.2 Å². The monoisotopic (exact) mass is 126 g/mol. The SMILES string of the molecule is CCCN(C#N)C(C)C. The Labute approximate surface area is 57.1 Å². The van der Waals surface area contributed by atoms with Crippen LogP contribution in [-0.4, -0.2) is 17.5 Å². The first-order chi connectivity index (χ1) is 4.22. The second kappa shape index (κ2) is 4.20. The molecule has 0 aromatic carbocycles. The third-order valence-corrected chi connectivity index (χ3v) is 1.22. The van der Waals surface area contributed by atoms with Crippen molar-refractivity contribution < 1.29 is 0 Å². The Hall–Kier alpha value is -0.710. The predicted octanol–water partition coefficient (Wildman–Crippen LogP) is 1.59. The summed E-state index contributed by atoms with van der Waals surface area (Å²) >= 11 is 0. The van der Waals surface area contributed by atoms with Gasteiger partial charge in [0.15, 0.2) is 6.19 Å². The molecule has 0 rings (SSSR count). The molecule has 0 saturated carbocycles. The fourth-order valence-corrected chi connectivity index (χ4v) is 0.665. The van der Waals surface area contributed by atoms with Crippen molar-refractivity contribution in [2.24, 2.45) is 0 Å². The highest BCUT2D eigenvalue weighted by atomic mass is 15.1. The molecule has 52 valence electrons. The van der Waals surface area contributed by atoms with Gasteiger partial charge in [-0.25, -0.2) is 0 Å². The molecule has 0 amide bonds. The summed E-state index contributed by atoms with van der Waals surface area (Å²) in [6, 6.07) is 0.356. The highest BCUT2D eigenvalue weighted by Crippen LogP contribution is 1.95. The molecule has 0 unspecified atom stereocenters. The van der Waals surface area contributed by atoms with E-state index in [2.05, 4.69) is 13.1 Å². The molecule has 0 saturated heterocycles. The molecule has 0 spiro atoms. The Morgan fingerprint density at radius 3 is 2.22 bits per heavy atom. The Morgan fingerprint density at radius 2 is 2.11 bits per heavy atom. The van der Waals surface area contributed by atoms with Gasteiger partial charge in [-0.15, -0.1) is 0 Å². The molecule has 0 aliphatic heterocycles. The molecule has 2 heteroatoms. The average molecular weight is 126 g/mol. The number of nitriles is 1. The predicted molar refractivity (Wildman–Crippen MR) is 37.7 cm³/mol. The van der Waals surface area contributed by atoms with Crippen LogP contribution in [0.5, 0.6) is 0 Å². The average Bonchev–Trinajstić information content (AvgIpc) is 1.82. The van der Waals surface area contributed by atoms with Gasteiger partial charge in [0.2, 0.25) is 0 Å². The van der Waals surface area contributed by atoms with Crippen LogP contribution in [-0.2, 0) is 0 Å². The van der Waals surface area contributed by atoms with Crippen LogP contribution in [0.2, 0.25) is 0 Å². The van der Waals surface area contributed by atoms with E-state index in [0.717, 1.165) is 13.0 Å². The summed E-state index contributed by atoms with van der Waals surface area (Å²) in [6.07, 6.45) is 3.18. The maximum absolute atomic E-state index is 8.50. The first kappa shape index (κ1) is 8.29. The highest BCUT2D eigenvalue weighted by molar-refractivity contribution is 4.75. The number of hydrogen-bond donors (Lipinski definition) is 0. The summed E-state index contributed by atoms with van der Waals surface area (Å²) in [6.45, 7) is 7.01. The molecule has 0 radical (unpaired) electrons. The zero-order valence-corrected chi connectivity index (χ0v) is 6.39. The van der Waals surface area contributed by atoms with Gasteiger partial charge in [0.25, 0.3) is 0 Å². The van der Waals surface area contributed by atoms with Crippen molar-refractivity contribution in [1.82, 2.24) is 4.90 Å². The van der Waals surface area contributed by atoms with Gasteiger partial charge >= 0.3 is 0 Å². The summed E-state index contributed by atoms with van der Waals surface area (Å²) < 4.78 is 0. The summed E-state index contributed by atoms with van der Waals surface area (Å²) in [5.41, 5.74) is 0. The molecule has 0 aliphatic rings. The van der Waals surface area contributed by atoms with Gasteiger partial charge in [0.1, 0.15) is 0 Å². The third kappa shape index (κ3) is 2.97. The number of rotatable bonds is 3. The van der Waals surface area contributed by atoms with Crippen molar-refractivity contribution >= 4 is 0 Å². The molecular weight excluding hydrogens is 112 g/mol. The van der Waals surface area contributed by atoms with Gasteiger partial charge in [-0.2, -0.15) is 5.26 Å². The first-order valence-electron chi connectivity index (χ1n) is 3.38. The van der Waals surface area contributed by atoms with Crippen LogP contribution >= 0.6 is 0 Å². The topological polar surface area (TPSA) is 27.0 Å². The zero-order chi connectivity index (χ0) is 7.28. The largest absolute Gasteiger partial charge is 0.308 e. The summed E-state index contributed by atoms with van der Waals surface area (Å²) in [4.78, 5) is 1.78. The second-order valence-corrected chi connectivity index (χ2v) is 2.39. The van der Waals surface area contributed by atoms with E-state index in [4.69, 9.17) is 5.26 Å². The van der Waals surface area contributed by atoms with Crippen LogP contribution in [0.3, 0.4) is 0 Å². The summed E-state index contributed by atoms with van der Waals surface area (Å²) in [5, 5.41) is 8.50. The lowest BCUT2D eigenvalue weighted by molar-refractivity contribution is 0.326. The zero-order valence-electron chi connectivity index (χ0n) is 6.39. The van der Waals surface area contributed by atoms with Crippen molar-refractivity contribution in [1.29, 1.82) is 5.26 Å². The molecule has 2 nitrogen and oxygen atoms in total. The van der Waals surface area contributed by atoms with Crippen molar-refractivity contribution in [3.8, 4) is 6.19 Å². The smallest absolute Gasteiger partial charge is 0.179 e. The van der Waals surface area contributed by atoms with E-state index < -0.39 is 0 Å². The van der Waals surface area contributed by atoms with E-state index >= 15 is 0 Å². The molecule has 0 bridgehead atoms. The fourth-order valence-electron chi connectivity index (χ4n) is 0.665. The van der Waals surface area contributed by atoms with Gasteiger partial charge < -0.3 is 4.90 Å². The number of hydrogen-bond acceptors (Lipinski definition) is 2. The van der Waals surface area contributed by atoms with E-state index in [1.165, 1.54) is 0 Å². The van der Waals surface area contributed by atoms with Crippen molar-refractivity contribution in [2.75, 3.05) is 6.54 Å². The molecular formula is C7H14N2. The Bertz CT molecular complexity index is 102. The number of nitrogens with zero attached hydrogens (tertiary/aromatic N) is 2. The van der Waals surface area contributed by atoms with E-state index in [9.17, 15) is 0 Å². The van der Waals surface area contributed by atoms with Gasteiger partial charge in [-0.3, -0.25) is 0 Å². The van der Waals surface area contributed by atoms with Gasteiger partial charge in [0, 0.05) is 12.6 Å². The lowest BCUT2D eigenvalue weighted by Gasteiger charge is -2.17. The Morgan fingerprint density at radius 1 is 1.56 bits per heavy atom. The second-order valence-electron chi connectivity index (χ2n) is 2.39. The molecule has 0 N–H and O–H groups in total. The van der Waals surface area contributed by atoms with E-state index in [1.54, 1.807) is 4.90 Å². The van der Waals surface area contributed by atoms with Crippen molar-refractivity contribution in [3.05, 3.63) is 0 Å². The minimum atomic E-state index is 0.356. The molecule has 0 aromatic rings. The van der Waals surface area contributed by atoms with Gasteiger partial charge in [-0.1, -0.05) is 6.92 Å². The first-order valence-corrected chi connectivity index (χ1v) is 3.38. The lowest BCUT2D eigenvalue weighted by atomic mass is 10.3. The highest BCUT2D eigenvalue weighted by Gasteiger charge is 2.02. The molecule has 0 heterocycles. The maximum atomic E-state index is 8.50. The minimum Gasteiger partial charge on any atom is -0.308 e. The van der Waals surface area contributed by atoms with Crippen LogP contribution in [0.25, 0.3) is 0 Å². The van der Waals surface area contributed by atoms with Crippen LogP contribution in [0, 0.1) is 11.5 Å². The van der Waals surface area contributed by atoms with Gasteiger partial charge in [-0.05, 0) is 20.3 Å². The van der Waals surface area contributed by atoms with E-state index in [0.29, 0.717) is 6.04 Å².